The van der Waals surface area contributed by atoms with Crippen molar-refractivity contribution in [1.82, 2.24) is 5.32 Å². The van der Waals surface area contributed by atoms with Crippen molar-refractivity contribution in [3.8, 4) is 0 Å². The van der Waals surface area contributed by atoms with Crippen molar-refractivity contribution >= 4 is 15.9 Å². The summed E-state index contributed by atoms with van der Waals surface area (Å²) in [4.78, 5) is 0. The Kier molecular flexibility index (Phi) is 5.82. The molecule has 1 N–H and O–H groups in total. The van der Waals surface area contributed by atoms with E-state index in [0.717, 1.165) is 24.0 Å². The zero-order chi connectivity index (χ0) is 13.7. The maximum atomic E-state index is 6.21. The molecule has 1 aromatic carbocycles. The third kappa shape index (κ3) is 4.56. The van der Waals surface area contributed by atoms with Gasteiger partial charge in [-0.25, -0.2) is 0 Å². The normalized spacial score (nSPS) is 20.9. The Morgan fingerprint density at radius 3 is 2.84 bits per heavy atom. The van der Waals surface area contributed by atoms with Gasteiger partial charge in [-0.1, -0.05) is 48.0 Å². The lowest BCUT2D eigenvalue weighted by molar-refractivity contribution is -0.0175. The molecule has 2 atom stereocenters. The number of rotatable bonds is 6. The Hall–Kier alpha value is -0.420. The minimum atomic E-state index is 0.0599. The SMILES string of the molecule is CC(C)NCC(OC1CCOC1)c1ccccc1Br. The first-order valence-corrected chi connectivity index (χ1v) is 7.67. The van der Waals surface area contributed by atoms with E-state index in [4.69, 9.17) is 9.47 Å². The van der Waals surface area contributed by atoms with Gasteiger partial charge in [-0.15, -0.1) is 0 Å². The molecular formula is C15H22BrNO2. The second-order valence-electron chi connectivity index (χ2n) is 5.19. The lowest BCUT2D eigenvalue weighted by Crippen LogP contribution is -2.31. The number of benzene rings is 1. The van der Waals surface area contributed by atoms with Gasteiger partial charge in [-0.05, 0) is 18.1 Å². The van der Waals surface area contributed by atoms with Crippen molar-refractivity contribution < 1.29 is 9.47 Å². The van der Waals surface area contributed by atoms with Gasteiger partial charge in [0, 0.05) is 23.7 Å². The summed E-state index contributed by atoms with van der Waals surface area (Å²) in [6.07, 6.45) is 1.26. The number of hydrogen-bond donors (Lipinski definition) is 1. The minimum absolute atomic E-state index is 0.0599. The lowest BCUT2D eigenvalue weighted by Gasteiger charge is -2.24. The molecule has 1 fully saturated rings. The van der Waals surface area contributed by atoms with E-state index in [2.05, 4.69) is 53.3 Å². The third-order valence-corrected chi connectivity index (χ3v) is 3.93. The van der Waals surface area contributed by atoms with Crippen LogP contribution in [0.3, 0.4) is 0 Å². The van der Waals surface area contributed by atoms with Crippen LogP contribution in [0, 0.1) is 0 Å². The summed E-state index contributed by atoms with van der Waals surface area (Å²) in [6.45, 7) is 6.63. The zero-order valence-corrected chi connectivity index (χ0v) is 13.2. The average Bonchev–Trinajstić information content (AvgIpc) is 2.88. The quantitative estimate of drug-likeness (QED) is 0.869. The number of ether oxygens (including phenoxy) is 2. The smallest absolute Gasteiger partial charge is 0.0965 e. The van der Waals surface area contributed by atoms with E-state index in [1.54, 1.807) is 0 Å². The second-order valence-corrected chi connectivity index (χ2v) is 6.05. The highest BCUT2D eigenvalue weighted by Crippen LogP contribution is 2.28. The molecule has 19 heavy (non-hydrogen) atoms. The molecule has 3 nitrogen and oxygen atoms in total. The molecule has 4 heteroatoms. The van der Waals surface area contributed by atoms with Crippen LogP contribution in [-0.4, -0.2) is 31.9 Å². The Balaban J connectivity index is 2.06. The fourth-order valence-electron chi connectivity index (χ4n) is 2.16. The molecule has 1 aliphatic rings. The predicted molar refractivity (Wildman–Crippen MR) is 80.3 cm³/mol. The highest BCUT2D eigenvalue weighted by Gasteiger charge is 2.23. The summed E-state index contributed by atoms with van der Waals surface area (Å²) in [5.74, 6) is 0. The largest absolute Gasteiger partial charge is 0.379 e. The fraction of sp³-hybridized carbons (Fsp3) is 0.600. The molecule has 0 radical (unpaired) electrons. The fourth-order valence-corrected chi connectivity index (χ4v) is 2.70. The Morgan fingerprint density at radius 1 is 1.42 bits per heavy atom. The molecule has 1 saturated heterocycles. The maximum Gasteiger partial charge on any atom is 0.0965 e. The average molecular weight is 328 g/mol. The summed E-state index contributed by atoms with van der Waals surface area (Å²) < 4.78 is 12.7. The molecular weight excluding hydrogens is 306 g/mol. The van der Waals surface area contributed by atoms with Gasteiger partial charge in [-0.3, -0.25) is 0 Å². The molecule has 0 bridgehead atoms. The van der Waals surface area contributed by atoms with E-state index in [-0.39, 0.29) is 12.2 Å². The summed E-state index contributed by atoms with van der Waals surface area (Å²) in [5, 5.41) is 3.46. The molecule has 0 aliphatic carbocycles. The second kappa shape index (κ2) is 7.39. The molecule has 1 aliphatic heterocycles. The van der Waals surface area contributed by atoms with Crippen LogP contribution < -0.4 is 5.32 Å². The third-order valence-electron chi connectivity index (χ3n) is 3.21. The maximum absolute atomic E-state index is 6.21. The predicted octanol–water partition coefficient (Wildman–Crippen LogP) is 3.29. The van der Waals surface area contributed by atoms with E-state index in [1.165, 1.54) is 5.56 Å². The van der Waals surface area contributed by atoms with E-state index in [0.29, 0.717) is 12.6 Å². The van der Waals surface area contributed by atoms with Crippen LogP contribution >= 0.6 is 15.9 Å². The zero-order valence-electron chi connectivity index (χ0n) is 11.6. The monoisotopic (exact) mass is 327 g/mol. The molecule has 2 unspecified atom stereocenters. The van der Waals surface area contributed by atoms with Crippen LogP contribution in [0.1, 0.15) is 31.9 Å². The van der Waals surface area contributed by atoms with Crippen molar-refractivity contribution in [3.05, 3.63) is 34.3 Å². The highest BCUT2D eigenvalue weighted by atomic mass is 79.9. The van der Waals surface area contributed by atoms with Crippen molar-refractivity contribution in [3.63, 3.8) is 0 Å². The van der Waals surface area contributed by atoms with Gasteiger partial charge < -0.3 is 14.8 Å². The highest BCUT2D eigenvalue weighted by molar-refractivity contribution is 9.10. The van der Waals surface area contributed by atoms with Gasteiger partial charge >= 0.3 is 0 Å². The molecule has 1 aromatic rings. The van der Waals surface area contributed by atoms with E-state index >= 15 is 0 Å². The molecule has 106 valence electrons. The summed E-state index contributed by atoms with van der Waals surface area (Å²) in [5.41, 5.74) is 1.20. The summed E-state index contributed by atoms with van der Waals surface area (Å²) in [7, 11) is 0. The van der Waals surface area contributed by atoms with Crippen molar-refractivity contribution in [2.24, 2.45) is 0 Å². The topological polar surface area (TPSA) is 30.5 Å². The van der Waals surface area contributed by atoms with Crippen LogP contribution in [0.5, 0.6) is 0 Å². The van der Waals surface area contributed by atoms with Crippen molar-refractivity contribution in [2.75, 3.05) is 19.8 Å². The molecule has 0 saturated carbocycles. The van der Waals surface area contributed by atoms with Crippen LogP contribution in [0.15, 0.2) is 28.7 Å². The Bertz CT molecular complexity index is 391. The standard InChI is InChI=1S/C15H22BrNO2/c1-11(2)17-9-15(19-12-7-8-18-10-12)13-5-3-4-6-14(13)16/h3-6,11-12,15,17H,7-10H2,1-2H3. The van der Waals surface area contributed by atoms with Gasteiger partial charge in [0.1, 0.15) is 0 Å². The summed E-state index contributed by atoms with van der Waals surface area (Å²) >= 11 is 3.61. The lowest BCUT2D eigenvalue weighted by atomic mass is 10.1. The van der Waals surface area contributed by atoms with Crippen LogP contribution in [-0.2, 0) is 9.47 Å². The van der Waals surface area contributed by atoms with Crippen LogP contribution in [0.25, 0.3) is 0 Å². The van der Waals surface area contributed by atoms with E-state index < -0.39 is 0 Å². The van der Waals surface area contributed by atoms with E-state index in [9.17, 15) is 0 Å². The number of hydrogen-bond acceptors (Lipinski definition) is 3. The number of halogens is 1. The molecule has 2 rings (SSSR count). The summed E-state index contributed by atoms with van der Waals surface area (Å²) in [6, 6.07) is 8.71. The molecule has 1 heterocycles. The van der Waals surface area contributed by atoms with Gasteiger partial charge in [0.15, 0.2) is 0 Å². The molecule has 0 spiro atoms. The minimum Gasteiger partial charge on any atom is -0.379 e. The Labute approximate surface area is 123 Å². The van der Waals surface area contributed by atoms with Crippen LogP contribution in [0.4, 0.5) is 0 Å². The first kappa shape index (κ1) is 15.0. The van der Waals surface area contributed by atoms with Gasteiger partial charge in [0.25, 0.3) is 0 Å². The molecule has 0 amide bonds. The van der Waals surface area contributed by atoms with Gasteiger partial charge in [0.05, 0.1) is 18.8 Å². The van der Waals surface area contributed by atoms with Gasteiger partial charge in [0.2, 0.25) is 0 Å². The number of nitrogens with one attached hydrogen (secondary N) is 1. The first-order valence-electron chi connectivity index (χ1n) is 6.88. The first-order chi connectivity index (χ1) is 9.16. The van der Waals surface area contributed by atoms with Crippen molar-refractivity contribution in [2.45, 2.75) is 38.5 Å². The van der Waals surface area contributed by atoms with Crippen LogP contribution in [0.2, 0.25) is 0 Å². The van der Waals surface area contributed by atoms with Gasteiger partial charge in [-0.2, -0.15) is 0 Å². The van der Waals surface area contributed by atoms with Crippen molar-refractivity contribution in [1.29, 1.82) is 0 Å². The molecule has 0 aromatic heterocycles. The Morgan fingerprint density at radius 2 is 2.21 bits per heavy atom. The van der Waals surface area contributed by atoms with E-state index in [1.807, 2.05) is 6.07 Å².